The Morgan fingerprint density at radius 3 is 1.81 bits per heavy atom. The fraction of sp³-hybridized carbons (Fsp3) is 0.182. The topological polar surface area (TPSA) is 116 Å². The second-order valence-electron chi connectivity index (χ2n) is 6.27. The largest absolute Gasteiger partial charge is 0.383 e. The van der Waals surface area contributed by atoms with E-state index in [9.17, 15) is 0 Å². The molecule has 164 valence electrons. The summed E-state index contributed by atoms with van der Waals surface area (Å²) in [5.41, 5.74) is 18.0. The lowest BCUT2D eigenvalue weighted by Gasteiger charge is -2.07. The van der Waals surface area contributed by atoms with Crippen molar-refractivity contribution in [3.05, 3.63) is 76.0 Å². The van der Waals surface area contributed by atoms with E-state index in [0.29, 0.717) is 34.7 Å². The molecule has 31 heavy (non-hydrogen) atoms. The number of benzene rings is 2. The molecular weight excluding hydrogens is 455 g/mol. The number of nitrogens with zero attached hydrogens (tertiary/aromatic N) is 2. The average molecular weight is 480 g/mol. The zero-order valence-electron chi connectivity index (χ0n) is 16.9. The van der Waals surface area contributed by atoms with Gasteiger partial charge in [-0.25, -0.2) is 0 Å². The molecule has 2 aromatic heterocycles. The number of anilines is 1. The number of hydrogen-bond donors (Lipinski definition) is 4. The van der Waals surface area contributed by atoms with Crippen LogP contribution in [0.2, 0.25) is 15.1 Å². The first-order valence-corrected chi connectivity index (χ1v) is 10.7. The third-order valence-corrected chi connectivity index (χ3v) is 4.78. The van der Waals surface area contributed by atoms with E-state index in [0.717, 1.165) is 34.0 Å². The van der Waals surface area contributed by atoms with Gasteiger partial charge in [0, 0.05) is 65.1 Å². The zero-order valence-corrected chi connectivity index (χ0v) is 19.1. The summed E-state index contributed by atoms with van der Waals surface area (Å²) in [6.45, 7) is 2.55. The molecule has 2 heterocycles. The molecule has 0 aliphatic carbocycles. The van der Waals surface area contributed by atoms with Crippen LogP contribution in [0, 0.1) is 0 Å². The molecule has 4 aromatic rings. The number of hydrogen-bond acceptors (Lipinski definition) is 6. The Kier molecular flexibility index (Phi) is 10.7. The van der Waals surface area contributed by atoms with E-state index in [2.05, 4.69) is 15.3 Å². The third kappa shape index (κ3) is 7.78. The number of rotatable bonds is 4. The van der Waals surface area contributed by atoms with Crippen molar-refractivity contribution in [2.45, 2.75) is 0 Å². The summed E-state index contributed by atoms with van der Waals surface area (Å²) in [4.78, 5) is 8.39. The predicted octanol–water partition coefficient (Wildman–Crippen LogP) is 4.70. The van der Waals surface area contributed by atoms with Gasteiger partial charge in [-0.15, -0.1) is 0 Å². The second kappa shape index (κ2) is 13.3. The molecule has 0 aliphatic heterocycles. The highest BCUT2D eigenvalue weighted by Crippen LogP contribution is 2.24. The minimum absolute atomic E-state index is 0.597. The smallest absolute Gasteiger partial charge is 0.0737 e. The molecule has 0 saturated carbocycles. The Balaban J connectivity index is 0.000000192. The lowest BCUT2D eigenvalue weighted by atomic mass is 10.2. The first kappa shape index (κ1) is 25.1. The minimum atomic E-state index is 0.597. The van der Waals surface area contributed by atoms with E-state index in [4.69, 9.17) is 52.0 Å². The zero-order chi connectivity index (χ0) is 22.6. The van der Waals surface area contributed by atoms with Gasteiger partial charge < -0.3 is 22.5 Å². The molecule has 0 atom stereocenters. The van der Waals surface area contributed by atoms with Crippen LogP contribution in [-0.4, -0.2) is 36.1 Å². The first-order chi connectivity index (χ1) is 15.0. The van der Waals surface area contributed by atoms with Gasteiger partial charge in [0.25, 0.3) is 0 Å². The van der Waals surface area contributed by atoms with Gasteiger partial charge in [-0.2, -0.15) is 0 Å². The fourth-order valence-electron chi connectivity index (χ4n) is 2.57. The van der Waals surface area contributed by atoms with Crippen molar-refractivity contribution in [2.75, 3.05) is 31.5 Å². The standard InChI is InChI=1S/C11H12ClN3.C9H5Cl2N.C2H8N2/c12-8-1-2-9-10(15-6-4-13)3-5-14-11(9)7-8;10-6-1-2-7-8(11)3-4-12-9(7)5-6;3-1-2-4/h1-3,5,7H,4,6,13H2,(H,14,15);1-5H;1-4H2. The summed E-state index contributed by atoms with van der Waals surface area (Å²) >= 11 is 17.6. The summed E-state index contributed by atoms with van der Waals surface area (Å²) in [7, 11) is 0. The van der Waals surface area contributed by atoms with E-state index in [1.54, 1.807) is 30.6 Å². The molecule has 0 fully saturated rings. The van der Waals surface area contributed by atoms with Crippen molar-refractivity contribution in [3.8, 4) is 0 Å². The van der Waals surface area contributed by atoms with Crippen molar-refractivity contribution in [3.63, 3.8) is 0 Å². The van der Waals surface area contributed by atoms with Crippen LogP contribution in [0.4, 0.5) is 5.69 Å². The van der Waals surface area contributed by atoms with E-state index in [-0.39, 0.29) is 0 Å². The SMILES string of the molecule is Clc1ccc2c(Cl)ccnc2c1.NCCN.NCCNc1ccnc2cc(Cl)ccc12. The highest BCUT2D eigenvalue weighted by molar-refractivity contribution is 6.36. The Labute approximate surface area is 196 Å². The lowest BCUT2D eigenvalue weighted by Crippen LogP contribution is -2.13. The third-order valence-electron chi connectivity index (χ3n) is 3.98. The maximum Gasteiger partial charge on any atom is 0.0737 e. The number of aromatic nitrogens is 2. The molecule has 9 heteroatoms. The number of halogens is 3. The van der Waals surface area contributed by atoms with E-state index < -0.39 is 0 Å². The van der Waals surface area contributed by atoms with Crippen LogP contribution in [0.3, 0.4) is 0 Å². The maximum atomic E-state index is 5.93. The van der Waals surface area contributed by atoms with Crippen LogP contribution in [0.1, 0.15) is 0 Å². The Bertz CT molecular complexity index is 1100. The molecule has 0 aliphatic rings. The molecule has 4 rings (SSSR count). The van der Waals surface area contributed by atoms with Crippen molar-refractivity contribution in [2.24, 2.45) is 17.2 Å². The van der Waals surface area contributed by atoms with Crippen molar-refractivity contribution >= 4 is 62.3 Å². The molecule has 0 saturated heterocycles. The van der Waals surface area contributed by atoms with Gasteiger partial charge in [0.15, 0.2) is 0 Å². The van der Waals surface area contributed by atoms with Crippen molar-refractivity contribution in [1.29, 1.82) is 0 Å². The molecule has 0 radical (unpaired) electrons. The number of nitrogens with two attached hydrogens (primary N) is 3. The monoisotopic (exact) mass is 478 g/mol. The van der Waals surface area contributed by atoms with Gasteiger partial charge in [0.2, 0.25) is 0 Å². The van der Waals surface area contributed by atoms with E-state index >= 15 is 0 Å². The average Bonchev–Trinajstić information content (AvgIpc) is 2.78. The van der Waals surface area contributed by atoms with Gasteiger partial charge in [0.1, 0.15) is 0 Å². The lowest BCUT2D eigenvalue weighted by molar-refractivity contribution is 0.976. The van der Waals surface area contributed by atoms with Crippen LogP contribution >= 0.6 is 34.8 Å². The van der Waals surface area contributed by atoms with Gasteiger partial charge >= 0.3 is 0 Å². The normalized spacial score (nSPS) is 10.1. The predicted molar refractivity (Wildman–Crippen MR) is 134 cm³/mol. The Morgan fingerprint density at radius 1 is 0.677 bits per heavy atom. The molecule has 7 N–H and O–H groups in total. The van der Waals surface area contributed by atoms with Crippen LogP contribution in [0.15, 0.2) is 60.9 Å². The summed E-state index contributed by atoms with van der Waals surface area (Å²) in [6, 6.07) is 14.8. The molecule has 0 bridgehead atoms. The molecule has 6 nitrogen and oxygen atoms in total. The molecule has 0 unspecified atom stereocenters. The first-order valence-electron chi connectivity index (χ1n) is 9.58. The molecule has 0 spiro atoms. The van der Waals surface area contributed by atoms with Gasteiger partial charge in [-0.1, -0.05) is 34.8 Å². The summed E-state index contributed by atoms with van der Waals surface area (Å²) in [5, 5.41) is 7.33. The Morgan fingerprint density at radius 2 is 1.23 bits per heavy atom. The van der Waals surface area contributed by atoms with Crippen molar-refractivity contribution in [1.82, 2.24) is 9.97 Å². The molecule has 2 aromatic carbocycles. The number of pyridine rings is 2. The second-order valence-corrected chi connectivity index (χ2v) is 7.55. The fourth-order valence-corrected chi connectivity index (χ4v) is 3.12. The van der Waals surface area contributed by atoms with Crippen LogP contribution in [0.25, 0.3) is 21.8 Å². The van der Waals surface area contributed by atoms with Gasteiger partial charge in [-0.05, 0) is 48.5 Å². The molecule has 0 amide bonds. The summed E-state index contributed by atoms with van der Waals surface area (Å²) in [5.74, 6) is 0. The van der Waals surface area contributed by atoms with Crippen LogP contribution in [-0.2, 0) is 0 Å². The van der Waals surface area contributed by atoms with Crippen LogP contribution < -0.4 is 22.5 Å². The summed E-state index contributed by atoms with van der Waals surface area (Å²) in [6.07, 6.45) is 3.43. The van der Waals surface area contributed by atoms with Gasteiger partial charge in [-0.3, -0.25) is 9.97 Å². The van der Waals surface area contributed by atoms with E-state index in [1.807, 2.05) is 30.3 Å². The highest BCUT2D eigenvalue weighted by Gasteiger charge is 2.01. The minimum Gasteiger partial charge on any atom is -0.383 e. The highest BCUT2D eigenvalue weighted by atomic mass is 35.5. The van der Waals surface area contributed by atoms with Gasteiger partial charge in [0.05, 0.1) is 16.1 Å². The Hall–Kier alpha value is -2.19. The quantitative estimate of drug-likeness (QED) is 0.337. The van der Waals surface area contributed by atoms with E-state index in [1.165, 1.54) is 0 Å². The van der Waals surface area contributed by atoms with Crippen LogP contribution in [0.5, 0.6) is 0 Å². The number of nitrogens with one attached hydrogen (secondary N) is 1. The summed E-state index contributed by atoms with van der Waals surface area (Å²) < 4.78 is 0. The molecular formula is C22H25Cl3N6. The maximum absolute atomic E-state index is 5.93. The number of fused-ring (bicyclic) bond motifs is 2. The van der Waals surface area contributed by atoms with Crippen molar-refractivity contribution < 1.29 is 0 Å².